The van der Waals surface area contributed by atoms with E-state index in [9.17, 15) is 18.9 Å². The maximum Gasteiger partial charge on any atom is 0.584 e. The average molecular weight is 1120 g/mol. The van der Waals surface area contributed by atoms with Crippen LogP contribution >= 0.6 is 15.6 Å². The van der Waals surface area contributed by atoms with Gasteiger partial charge < -0.3 is 65.9 Å². The number of rotatable bonds is 0. The molecule has 2 radical (unpaired) electrons. The van der Waals surface area contributed by atoms with E-state index in [1.165, 1.54) is 0 Å². The predicted octanol–water partition coefficient (Wildman–Crippen LogP) is 7.38. The summed E-state index contributed by atoms with van der Waals surface area (Å²) in [7, 11) is -8.50. The first-order chi connectivity index (χ1) is 27.7. The van der Waals surface area contributed by atoms with Gasteiger partial charge in [-0.15, -0.1) is 0 Å². The molecule has 0 aliphatic carbocycles. The van der Waals surface area contributed by atoms with Crippen LogP contribution in [0.25, 0.3) is 65.3 Å². The van der Waals surface area contributed by atoms with Gasteiger partial charge in [-0.25, -0.2) is 18.7 Å². The molecule has 10 rings (SSSR count). The van der Waals surface area contributed by atoms with Crippen molar-refractivity contribution in [3.8, 4) is 45.3 Å². The molecule has 8 aromatic rings. The molecule has 2 aliphatic heterocycles. The number of hydrogen-bond donors (Lipinski definition) is 6. The molecule has 0 spiro atoms. The van der Waals surface area contributed by atoms with Crippen molar-refractivity contribution in [1.82, 2.24) is 0 Å². The number of phosphoric acid groups is 2. The topological polar surface area (TPSA) is 384 Å². The third kappa shape index (κ3) is 13.0. The molecule has 8 aromatic carbocycles. The summed E-state index contributed by atoms with van der Waals surface area (Å²) in [4.78, 5) is 37.3. The van der Waals surface area contributed by atoms with Crippen molar-refractivity contribution in [2.45, 2.75) is 0 Å². The minimum atomic E-state index is -4.25. The Hall–Kier alpha value is -6.03. The largest absolute Gasteiger partial charge is 0.584 e. The first kappa shape index (κ1) is 59.0. The van der Waals surface area contributed by atoms with Crippen LogP contribution < -0.4 is 18.1 Å². The van der Waals surface area contributed by atoms with Crippen LogP contribution in [0.4, 0.5) is 9.59 Å². The second-order valence-electron chi connectivity index (χ2n) is 12.5. The van der Waals surface area contributed by atoms with Crippen LogP contribution in [0.5, 0.6) is 23.0 Å². The molecule has 65 heavy (non-hydrogen) atoms. The third-order valence-corrected chi connectivity index (χ3v) is 10.6. The standard InChI is InChI=1S/2C20H13O4P.2CH2O3.5H2O.2Rh/c2*21-25(22)23-17-11-9-13-5-1-3-7-15(13)19(17)20-16-8-4-2-6-14(16)10-12-18(20)24-25;2*2-1(3)4;;;;;;;/h2*1-12H,(H,21,22);2*(H2,2,3,4);5*1H2;;. The van der Waals surface area contributed by atoms with Crippen LogP contribution in [-0.2, 0) is 48.1 Å². The van der Waals surface area contributed by atoms with Crippen LogP contribution in [0.1, 0.15) is 0 Å². The Morgan fingerprint density at radius 3 is 0.692 bits per heavy atom. The minimum absolute atomic E-state index is 0. The zero-order valence-corrected chi connectivity index (χ0v) is 37.9. The Kier molecular flexibility index (Phi) is 22.1. The molecule has 0 amide bonds. The van der Waals surface area contributed by atoms with Gasteiger partial charge >= 0.3 is 28.0 Å². The molecule has 350 valence electrons. The quantitative estimate of drug-likeness (QED) is 0.0637. The van der Waals surface area contributed by atoms with Crippen LogP contribution in [-0.4, -0.2) is 69.9 Å². The van der Waals surface area contributed by atoms with Crippen molar-refractivity contribution in [2.75, 3.05) is 0 Å². The number of carbonyl (C=O) groups is 2. The van der Waals surface area contributed by atoms with Gasteiger partial charge in [-0.1, -0.05) is 121 Å². The Morgan fingerprint density at radius 1 is 0.338 bits per heavy atom. The fourth-order valence-electron chi connectivity index (χ4n) is 6.88. The molecular weight excluding hydrogens is 1080 g/mol. The van der Waals surface area contributed by atoms with E-state index in [4.69, 9.17) is 48.1 Å². The van der Waals surface area contributed by atoms with E-state index in [2.05, 4.69) is 0 Å². The molecular formula is C42H40O19P2Rh2. The summed E-state index contributed by atoms with van der Waals surface area (Å²) in [5.74, 6) is 1.39. The summed E-state index contributed by atoms with van der Waals surface area (Å²) in [5, 5.41) is 35.8. The normalized spacial score (nSPS) is 12.2. The van der Waals surface area contributed by atoms with E-state index in [0.717, 1.165) is 65.3 Å². The molecule has 19 nitrogen and oxygen atoms in total. The third-order valence-electron chi connectivity index (χ3n) is 8.92. The number of hydrogen-bond acceptors (Lipinski definition) is 8. The summed E-state index contributed by atoms with van der Waals surface area (Å²) in [6.45, 7) is 0. The molecule has 2 aliphatic rings. The molecule has 0 bridgehead atoms. The van der Waals surface area contributed by atoms with Gasteiger partial charge in [0.15, 0.2) is 0 Å². The smallest absolute Gasteiger partial charge is 0.450 e. The van der Waals surface area contributed by atoms with Gasteiger partial charge in [-0.2, -0.15) is 0 Å². The Morgan fingerprint density at radius 2 is 0.508 bits per heavy atom. The minimum Gasteiger partial charge on any atom is -0.450 e. The van der Waals surface area contributed by atoms with Gasteiger partial charge in [0.1, 0.15) is 23.0 Å². The maximum atomic E-state index is 12.4. The zero-order valence-electron chi connectivity index (χ0n) is 32.9. The monoisotopic (exact) mass is 1120 g/mol. The maximum absolute atomic E-state index is 12.4. The molecule has 23 heteroatoms. The first-order valence-electron chi connectivity index (χ1n) is 17.1. The molecule has 2 heterocycles. The van der Waals surface area contributed by atoms with Crippen LogP contribution in [0.15, 0.2) is 146 Å². The van der Waals surface area contributed by atoms with Gasteiger partial charge in [-0.3, -0.25) is 9.79 Å². The summed E-state index contributed by atoms with van der Waals surface area (Å²) >= 11 is 0. The molecule has 0 atom stereocenters. The molecule has 0 unspecified atom stereocenters. The summed E-state index contributed by atoms with van der Waals surface area (Å²) in [6, 6.07) is 46.0. The Balaban J connectivity index is 0.000000991. The van der Waals surface area contributed by atoms with E-state index in [0.29, 0.717) is 23.0 Å². The van der Waals surface area contributed by atoms with E-state index in [-0.39, 0.29) is 66.3 Å². The van der Waals surface area contributed by atoms with E-state index >= 15 is 0 Å². The van der Waals surface area contributed by atoms with Crippen LogP contribution in [0.2, 0.25) is 0 Å². The van der Waals surface area contributed by atoms with Crippen molar-refractivity contribution in [2.24, 2.45) is 0 Å². The molecule has 0 aromatic heterocycles. The molecule has 0 saturated carbocycles. The first-order valence-corrected chi connectivity index (χ1v) is 20.1. The average Bonchev–Trinajstić information content (AvgIpc) is 3.39. The molecule has 0 fully saturated rings. The van der Waals surface area contributed by atoms with E-state index < -0.39 is 28.0 Å². The van der Waals surface area contributed by atoms with Gasteiger partial charge in [0.2, 0.25) is 0 Å². The van der Waals surface area contributed by atoms with Crippen molar-refractivity contribution in [3.63, 3.8) is 0 Å². The predicted molar refractivity (Wildman–Crippen MR) is 235 cm³/mol. The molecule has 16 N–H and O–H groups in total. The summed E-state index contributed by atoms with van der Waals surface area (Å²) in [6.07, 6.45) is -3.67. The number of fused-ring (bicyclic) bond motifs is 14. The second kappa shape index (κ2) is 24.3. The van der Waals surface area contributed by atoms with Crippen LogP contribution in [0.3, 0.4) is 0 Å². The van der Waals surface area contributed by atoms with E-state index in [1.807, 2.05) is 121 Å². The molecule has 0 saturated heterocycles. The van der Waals surface area contributed by atoms with Gasteiger partial charge in [0.25, 0.3) is 0 Å². The number of benzene rings is 8. The van der Waals surface area contributed by atoms with Crippen molar-refractivity contribution < 1.29 is 133 Å². The fourth-order valence-corrected chi connectivity index (χ4v) is 8.55. The Labute approximate surface area is 393 Å². The second-order valence-corrected chi connectivity index (χ2v) is 15.1. The zero-order chi connectivity index (χ0) is 41.2. The van der Waals surface area contributed by atoms with Gasteiger partial charge in [0.05, 0.1) is 0 Å². The van der Waals surface area contributed by atoms with Crippen molar-refractivity contribution >= 4 is 71.0 Å². The SMILES string of the molecule is O.O.O.O.O.O=C(O)O.O=C(O)O.O=P1(O)Oc2ccc3ccccc3c2-c2c(ccc3ccccc23)O1.O=P1(O)Oc2ccc3ccccc3c2-c2c(ccc3ccccc23)O1.[Rh].[Rh]. The van der Waals surface area contributed by atoms with Crippen molar-refractivity contribution in [1.29, 1.82) is 0 Å². The summed E-state index contributed by atoms with van der Waals surface area (Å²) in [5.41, 5.74) is 3.10. The number of phosphoric ester groups is 2. The Bertz CT molecular complexity index is 2630. The van der Waals surface area contributed by atoms with Gasteiger partial charge in [0, 0.05) is 61.2 Å². The number of carboxylic acid groups (broad SMARTS) is 4. The fraction of sp³-hybridized carbons (Fsp3) is 0. The van der Waals surface area contributed by atoms with Crippen molar-refractivity contribution in [3.05, 3.63) is 146 Å². The van der Waals surface area contributed by atoms with Crippen LogP contribution in [0, 0.1) is 0 Å². The summed E-state index contributed by atoms with van der Waals surface area (Å²) < 4.78 is 46.2. The van der Waals surface area contributed by atoms with E-state index in [1.54, 1.807) is 24.3 Å². The van der Waals surface area contributed by atoms with Gasteiger partial charge in [-0.05, 0) is 67.4 Å².